The number of nitrogens with zero attached hydrogens (tertiary/aromatic N) is 2. The zero-order valence-electron chi connectivity index (χ0n) is 14.5. The Kier molecular flexibility index (Phi) is 4.17. The van der Waals surface area contributed by atoms with Gasteiger partial charge in [0, 0.05) is 11.6 Å². The quantitative estimate of drug-likeness (QED) is 0.701. The summed E-state index contributed by atoms with van der Waals surface area (Å²) in [6.45, 7) is 0.624. The van der Waals surface area contributed by atoms with Crippen LogP contribution in [-0.4, -0.2) is 23.8 Å². The second kappa shape index (κ2) is 6.50. The molecule has 0 radical (unpaired) electrons. The van der Waals surface area contributed by atoms with Gasteiger partial charge < -0.3 is 9.47 Å². The van der Waals surface area contributed by atoms with E-state index in [2.05, 4.69) is 4.98 Å². The monoisotopic (exact) mass is 368 g/mol. The summed E-state index contributed by atoms with van der Waals surface area (Å²) in [5.41, 5.74) is 2.56. The highest BCUT2D eigenvalue weighted by Gasteiger charge is 2.21. The molecular weight excluding hydrogens is 352 g/mol. The number of halogens is 1. The second-order valence-electron chi connectivity index (χ2n) is 6.09. The predicted molar refractivity (Wildman–Crippen MR) is 103 cm³/mol. The van der Waals surface area contributed by atoms with E-state index in [4.69, 9.17) is 21.1 Å². The third-order valence-corrected chi connectivity index (χ3v) is 4.79. The van der Waals surface area contributed by atoms with Gasteiger partial charge in [0.25, 0.3) is 5.56 Å². The minimum atomic E-state index is -0.0302. The number of allylic oxidation sites excluding steroid dienone is 1. The number of hydrogen-bond acceptors (Lipinski definition) is 4. The molecule has 1 aliphatic rings. The molecule has 0 saturated heterocycles. The van der Waals surface area contributed by atoms with Crippen LogP contribution in [0, 0.1) is 0 Å². The van der Waals surface area contributed by atoms with E-state index < -0.39 is 0 Å². The molecule has 0 bridgehead atoms. The first kappa shape index (κ1) is 16.7. The summed E-state index contributed by atoms with van der Waals surface area (Å²) in [6.07, 6.45) is 2.78. The van der Waals surface area contributed by atoms with Gasteiger partial charge in [-0.25, -0.2) is 4.98 Å². The Hall–Kier alpha value is -2.79. The van der Waals surface area contributed by atoms with Gasteiger partial charge in [-0.15, -0.1) is 0 Å². The van der Waals surface area contributed by atoms with Crippen LogP contribution in [0.5, 0.6) is 11.5 Å². The van der Waals surface area contributed by atoms with Crippen LogP contribution >= 0.6 is 11.6 Å². The summed E-state index contributed by atoms with van der Waals surface area (Å²) in [5, 5.41) is 1.16. The predicted octanol–water partition coefficient (Wildman–Crippen LogP) is 4.01. The van der Waals surface area contributed by atoms with Crippen LogP contribution in [-0.2, 0) is 6.54 Å². The highest BCUT2D eigenvalue weighted by Crippen LogP contribution is 2.32. The Morgan fingerprint density at radius 1 is 1.12 bits per heavy atom. The van der Waals surface area contributed by atoms with Gasteiger partial charge >= 0.3 is 0 Å². The van der Waals surface area contributed by atoms with Gasteiger partial charge in [-0.05, 0) is 54.0 Å². The molecule has 0 spiro atoms. The van der Waals surface area contributed by atoms with Gasteiger partial charge in [0.1, 0.15) is 5.82 Å². The normalized spacial score (nSPS) is 14.7. The molecule has 4 rings (SSSR count). The maximum atomic E-state index is 12.7. The Balaban J connectivity index is 1.84. The van der Waals surface area contributed by atoms with Gasteiger partial charge in [-0.3, -0.25) is 9.36 Å². The van der Waals surface area contributed by atoms with Gasteiger partial charge in [-0.1, -0.05) is 17.7 Å². The summed E-state index contributed by atoms with van der Waals surface area (Å²) in [5.74, 6) is 2.03. The molecule has 0 amide bonds. The lowest BCUT2D eigenvalue weighted by molar-refractivity contribution is 0.355. The van der Waals surface area contributed by atoms with Crippen LogP contribution < -0.4 is 15.0 Å². The third kappa shape index (κ3) is 2.74. The first-order valence-corrected chi connectivity index (χ1v) is 8.61. The van der Waals surface area contributed by atoms with Crippen molar-refractivity contribution >= 4 is 34.2 Å². The number of benzene rings is 2. The van der Waals surface area contributed by atoms with Crippen molar-refractivity contribution in [3.8, 4) is 11.5 Å². The van der Waals surface area contributed by atoms with E-state index in [0.717, 1.165) is 17.6 Å². The maximum absolute atomic E-state index is 12.7. The minimum Gasteiger partial charge on any atom is -0.493 e. The van der Waals surface area contributed by atoms with Crippen LogP contribution in [0.15, 0.2) is 41.2 Å². The number of rotatable bonds is 3. The number of aromatic nitrogens is 2. The molecule has 0 atom stereocenters. The molecule has 132 valence electrons. The molecule has 1 aromatic heterocycles. The second-order valence-corrected chi connectivity index (χ2v) is 6.52. The van der Waals surface area contributed by atoms with E-state index in [1.807, 2.05) is 24.3 Å². The molecule has 0 unspecified atom stereocenters. The lowest BCUT2D eigenvalue weighted by Gasteiger charge is -2.08. The van der Waals surface area contributed by atoms with Crippen LogP contribution in [0.4, 0.5) is 0 Å². The van der Waals surface area contributed by atoms with Crippen molar-refractivity contribution < 1.29 is 9.47 Å². The summed E-state index contributed by atoms with van der Waals surface area (Å²) in [6, 6.07) is 10.9. The summed E-state index contributed by atoms with van der Waals surface area (Å²) in [7, 11) is 3.21. The summed E-state index contributed by atoms with van der Waals surface area (Å²) >= 11 is 6.06. The summed E-state index contributed by atoms with van der Waals surface area (Å²) < 4.78 is 12.4. The van der Waals surface area contributed by atoms with Crippen LogP contribution in [0.2, 0.25) is 5.02 Å². The molecule has 0 saturated carbocycles. The minimum absolute atomic E-state index is 0.0302. The standard InChI is InChI=1S/C20H17ClN2O3/c1-25-17-6-3-12(10-18(17)26-2)9-13-7-8-23-19(13)22-16-11-14(21)4-5-15(16)20(23)24/h3-6,9-11H,7-8H2,1-2H3. The number of hydrogen-bond donors (Lipinski definition) is 0. The van der Waals surface area contributed by atoms with E-state index in [1.165, 1.54) is 0 Å². The lowest BCUT2D eigenvalue weighted by Crippen LogP contribution is -2.20. The smallest absolute Gasteiger partial charge is 0.261 e. The number of methoxy groups -OCH3 is 2. The van der Waals surface area contributed by atoms with Crippen molar-refractivity contribution in [2.45, 2.75) is 13.0 Å². The Morgan fingerprint density at radius 2 is 1.92 bits per heavy atom. The van der Waals surface area contributed by atoms with Crippen LogP contribution in [0.1, 0.15) is 17.8 Å². The van der Waals surface area contributed by atoms with Crippen molar-refractivity contribution in [1.29, 1.82) is 0 Å². The molecule has 2 aromatic carbocycles. The topological polar surface area (TPSA) is 53.4 Å². The molecular formula is C20H17ClN2O3. The van der Waals surface area contributed by atoms with Crippen LogP contribution in [0.25, 0.3) is 22.6 Å². The molecule has 0 aliphatic carbocycles. The average Bonchev–Trinajstić information content (AvgIpc) is 3.04. The van der Waals surface area contributed by atoms with E-state index in [-0.39, 0.29) is 5.56 Å². The SMILES string of the molecule is COc1ccc(C=C2CCn3c2nc2cc(Cl)ccc2c3=O)cc1OC. The fraction of sp³-hybridized carbons (Fsp3) is 0.200. The molecule has 0 N–H and O–H groups in total. The zero-order valence-corrected chi connectivity index (χ0v) is 15.2. The Bertz CT molecular complexity index is 1100. The molecule has 0 fully saturated rings. The molecule has 3 aromatic rings. The fourth-order valence-corrected chi connectivity index (χ4v) is 3.44. The van der Waals surface area contributed by atoms with Gasteiger partial charge in [-0.2, -0.15) is 0 Å². The van der Waals surface area contributed by atoms with Gasteiger partial charge in [0.2, 0.25) is 0 Å². The van der Waals surface area contributed by atoms with E-state index in [1.54, 1.807) is 37.0 Å². The highest BCUT2D eigenvalue weighted by molar-refractivity contribution is 6.31. The highest BCUT2D eigenvalue weighted by atomic mass is 35.5. The molecule has 6 heteroatoms. The van der Waals surface area contributed by atoms with E-state index in [0.29, 0.717) is 39.8 Å². The molecule has 5 nitrogen and oxygen atoms in total. The number of ether oxygens (including phenoxy) is 2. The maximum Gasteiger partial charge on any atom is 0.261 e. The number of fused-ring (bicyclic) bond motifs is 2. The average molecular weight is 369 g/mol. The first-order valence-electron chi connectivity index (χ1n) is 8.24. The van der Waals surface area contributed by atoms with E-state index in [9.17, 15) is 4.79 Å². The van der Waals surface area contributed by atoms with Crippen LogP contribution in [0.3, 0.4) is 0 Å². The lowest BCUT2D eigenvalue weighted by atomic mass is 10.1. The summed E-state index contributed by atoms with van der Waals surface area (Å²) in [4.78, 5) is 17.4. The first-order chi connectivity index (χ1) is 12.6. The van der Waals surface area contributed by atoms with Gasteiger partial charge in [0.15, 0.2) is 11.5 Å². The third-order valence-electron chi connectivity index (χ3n) is 4.56. The largest absolute Gasteiger partial charge is 0.493 e. The van der Waals surface area contributed by atoms with Crippen molar-refractivity contribution in [3.63, 3.8) is 0 Å². The Morgan fingerprint density at radius 3 is 2.69 bits per heavy atom. The van der Waals surface area contributed by atoms with Gasteiger partial charge in [0.05, 0.1) is 25.1 Å². The fourth-order valence-electron chi connectivity index (χ4n) is 3.27. The zero-order chi connectivity index (χ0) is 18.3. The Labute approximate surface area is 155 Å². The van der Waals surface area contributed by atoms with Crippen molar-refractivity contribution in [3.05, 3.63) is 63.2 Å². The molecule has 1 aliphatic heterocycles. The molecule has 26 heavy (non-hydrogen) atoms. The van der Waals surface area contributed by atoms with E-state index >= 15 is 0 Å². The molecule has 2 heterocycles. The van der Waals surface area contributed by atoms with Crippen molar-refractivity contribution in [2.75, 3.05) is 14.2 Å². The van der Waals surface area contributed by atoms with Crippen molar-refractivity contribution in [2.24, 2.45) is 0 Å². The van der Waals surface area contributed by atoms with Crippen molar-refractivity contribution in [1.82, 2.24) is 9.55 Å².